The summed E-state index contributed by atoms with van der Waals surface area (Å²) in [4.78, 5) is 4.59. The first-order valence-electron chi connectivity index (χ1n) is 4.32. The molecule has 82 valence electrons. The van der Waals surface area contributed by atoms with E-state index >= 15 is 0 Å². The lowest BCUT2D eigenvalue weighted by Crippen LogP contribution is -2.14. The Kier molecular flexibility index (Phi) is 3.79. The van der Waals surface area contributed by atoms with Crippen LogP contribution in [0.3, 0.4) is 0 Å². The summed E-state index contributed by atoms with van der Waals surface area (Å²) in [7, 11) is 4.57. The van der Waals surface area contributed by atoms with E-state index in [-0.39, 0.29) is 5.84 Å². The Morgan fingerprint density at radius 2 is 1.93 bits per heavy atom. The van der Waals surface area contributed by atoms with E-state index in [1.807, 2.05) is 0 Å². The van der Waals surface area contributed by atoms with Crippen molar-refractivity contribution in [2.75, 3.05) is 21.3 Å². The highest BCUT2D eigenvalue weighted by Gasteiger charge is 2.08. The number of hydrogen-bond donors (Lipinski definition) is 1. The highest BCUT2D eigenvalue weighted by Crippen LogP contribution is 2.24. The van der Waals surface area contributed by atoms with Crippen LogP contribution in [0.2, 0.25) is 0 Å². The van der Waals surface area contributed by atoms with Crippen molar-refractivity contribution < 1.29 is 14.3 Å². The van der Waals surface area contributed by atoms with Gasteiger partial charge >= 0.3 is 0 Å². The second-order valence-electron chi connectivity index (χ2n) is 2.73. The lowest BCUT2D eigenvalue weighted by Gasteiger charge is -2.09. The van der Waals surface area contributed by atoms with Crippen LogP contribution in [0.15, 0.2) is 23.4 Å². The highest BCUT2D eigenvalue weighted by molar-refractivity contribution is 5.99. The van der Waals surface area contributed by atoms with Crippen LogP contribution in [0.5, 0.6) is 11.5 Å². The Balaban J connectivity index is 3.13. The van der Waals surface area contributed by atoms with Gasteiger partial charge in [0.2, 0.25) is 0 Å². The van der Waals surface area contributed by atoms with Crippen molar-refractivity contribution in [3.63, 3.8) is 0 Å². The van der Waals surface area contributed by atoms with Gasteiger partial charge in [-0.3, -0.25) is 0 Å². The Morgan fingerprint density at radius 1 is 1.20 bits per heavy atom. The quantitative estimate of drug-likeness (QED) is 0.457. The zero-order chi connectivity index (χ0) is 11.3. The molecule has 15 heavy (non-hydrogen) atoms. The van der Waals surface area contributed by atoms with Gasteiger partial charge in [-0.15, -0.1) is 0 Å². The molecule has 0 fully saturated rings. The summed E-state index contributed by atoms with van der Waals surface area (Å²) >= 11 is 0. The minimum absolute atomic E-state index is 0.261. The third kappa shape index (κ3) is 2.52. The minimum atomic E-state index is 0.261. The third-order valence-corrected chi connectivity index (χ3v) is 1.87. The van der Waals surface area contributed by atoms with E-state index in [4.69, 9.17) is 15.2 Å². The van der Waals surface area contributed by atoms with Gasteiger partial charge in [0.15, 0.2) is 5.84 Å². The number of nitrogens with zero attached hydrogens (tertiary/aromatic N) is 1. The van der Waals surface area contributed by atoms with Crippen molar-refractivity contribution >= 4 is 5.84 Å². The molecule has 0 aliphatic heterocycles. The van der Waals surface area contributed by atoms with E-state index in [2.05, 4.69) is 9.99 Å². The van der Waals surface area contributed by atoms with Crippen LogP contribution in [-0.4, -0.2) is 27.2 Å². The maximum Gasteiger partial charge on any atom is 0.174 e. The monoisotopic (exact) mass is 210 g/mol. The number of nitrogens with two attached hydrogens (primary N) is 1. The van der Waals surface area contributed by atoms with E-state index in [0.717, 1.165) is 0 Å². The smallest absolute Gasteiger partial charge is 0.174 e. The zero-order valence-electron chi connectivity index (χ0n) is 8.98. The maximum atomic E-state index is 5.68. The normalized spacial score (nSPS) is 11.0. The summed E-state index contributed by atoms with van der Waals surface area (Å²) in [6.07, 6.45) is 0. The van der Waals surface area contributed by atoms with Gasteiger partial charge in [-0.05, 0) is 12.1 Å². The van der Waals surface area contributed by atoms with Crippen molar-refractivity contribution in [3.05, 3.63) is 23.8 Å². The van der Waals surface area contributed by atoms with E-state index in [9.17, 15) is 0 Å². The van der Waals surface area contributed by atoms with Crippen molar-refractivity contribution in [2.45, 2.75) is 0 Å². The Labute approximate surface area is 88.4 Å². The predicted octanol–water partition coefficient (Wildman–Crippen LogP) is 0.971. The Bertz CT molecular complexity index is 364. The maximum absolute atomic E-state index is 5.68. The molecular weight excluding hydrogens is 196 g/mol. The second kappa shape index (κ2) is 5.09. The first-order valence-corrected chi connectivity index (χ1v) is 4.32. The van der Waals surface area contributed by atoms with Gasteiger partial charge in [0, 0.05) is 6.07 Å². The molecule has 0 aliphatic carbocycles. The SMILES string of the molecule is CO/N=C(\N)c1ccc(OC)cc1OC. The molecule has 2 N–H and O–H groups in total. The van der Waals surface area contributed by atoms with E-state index in [1.165, 1.54) is 7.11 Å². The van der Waals surface area contributed by atoms with Crippen LogP contribution in [0.25, 0.3) is 0 Å². The molecule has 0 saturated heterocycles. The fraction of sp³-hybridized carbons (Fsp3) is 0.300. The van der Waals surface area contributed by atoms with Crippen LogP contribution in [0.4, 0.5) is 0 Å². The molecule has 1 aromatic carbocycles. The van der Waals surface area contributed by atoms with Crippen molar-refractivity contribution in [1.29, 1.82) is 0 Å². The van der Waals surface area contributed by atoms with E-state index < -0.39 is 0 Å². The lowest BCUT2D eigenvalue weighted by atomic mass is 10.2. The largest absolute Gasteiger partial charge is 0.497 e. The highest BCUT2D eigenvalue weighted by atomic mass is 16.6. The van der Waals surface area contributed by atoms with Crippen molar-refractivity contribution in [3.8, 4) is 11.5 Å². The molecule has 0 heterocycles. The molecule has 0 aliphatic rings. The summed E-state index contributed by atoms with van der Waals surface area (Å²) < 4.78 is 10.2. The summed E-state index contributed by atoms with van der Waals surface area (Å²) in [5, 5.41) is 3.63. The predicted molar refractivity (Wildman–Crippen MR) is 57.3 cm³/mol. The molecular formula is C10H14N2O3. The molecule has 0 radical (unpaired) electrons. The molecule has 0 unspecified atom stereocenters. The van der Waals surface area contributed by atoms with Gasteiger partial charge < -0.3 is 20.0 Å². The lowest BCUT2D eigenvalue weighted by molar-refractivity contribution is 0.213. The molecule has 5 heteroatoms. The van der Waals surface area contributed by atoms with Crippen LogP contribution < -0.4 is 15.2 Å². The number of methoxy groups -OCH3 is 2. The fourth-order valence-corrected chi connectivity index (χ4v) is 1.16. The van der Waals surface area contributed by atoms with Gasteiger partial charge in [-0.2, -0.15) is 0 Å². The molecule has 1 aromatic rings. The molecule has 5 nitrogen and oxygen atoms in total. The number of benzene rings is 1. The van der Waals surface area contributed by atoms with Crippen LogP contribution in [0, 0.1) is 0 Å². The molecule has 1 rings (SSSR count). The first kappa shape index (κ1) is 11.2. The summed E-state index contributed by atoms with van der Waals surface area (Å²) in [5.74, 6) is 1.55. The number of ether oxygens (including phenoxy) is 2. The third-order valence-electron chi connectivity index (χ3n) is 1.87. The number of oxime groups is 1. The minimum Gasteiger partial charge on any atom is -0.497 e. The van der Waals surface area contributed by atoms with Gasteiger partial charge in [0.1, 0.15) is 18.6 Å². The van der Waals surface area contributed by atoms with Crippen molar-refractivity contribution in [1.82, 2.24) is 0 Å². The molecule has 0 aromatic heterocycles. The standard InChI is InChI=1S/C10H14N2O3/c1-13-7-4-5-8(9(6-7)14-2)10(11)12-15-3/h4-6H,1-3H3,(H2,11,12). The zero-order valence-corrected chi connectivity index (χ0v) is 8.98. The molecule has 0 spiro atoms. The van der Waals surface area contributed by atoms with E-state index in [0.29, 0.717) is 17.1 Å². The fourth-order valence-electron chi connectivity index (χ4n) is 1.16. The molecule has 0 atom stereocenters. The second-order valence-corrected chi connectivity index (χ2v) is 2.73. The Hall–Kier alpha value is -1.91. The van der Waals surface area contributed by atoms with Crippen LogP contribution >= 0.6 is 0 Å². The Morgan fingerprint density at radius 3 is 2.47 bits per heavy atom. The van der Waals surface area contributed by atoms with Gasteiger partial charge in [0.25, 0.3) is 0 Å². The van der Waals surface area contributed by atoms with Gasteiger partial charge in [-0.1, -0.05) is 5.16 Å². The number of rotatable bonds is 4. The summed E-state index contributed by atoms with van der Waals surface area (Å²) in [5.41, 5.74) is 6.34. The molecule has 0 amide bonds. The molecule has 0 bridgehead atoms. The van der Waals surface area contributed by atoms with Gasteiger partial charge in [0.05, 0.1) is 19.8 Å². The average Bonchev–Trinajstić information content (AvgIpc) is 2.28. The number of amidine groups is 1. The topological polar surface area (TPSA) is 66.1 Å². The molecule has 0 saturated carbocycles. The average molecular weight is 210 g/mol. The summed E-state index contributed by atoms with van der Waals surface area (Å²) in [6, 6.07) is 5.26. The van der Waals surface area contributed by atoms with Crippen molar-refractivity contribution in [2.24, 2.45) is 10.9 Å². The van der Waals surface area contributed by atoms with Crippen LogP contribution in [-0.2, 0) is 4.84 Å². The first-order chi connectivity index (χ1) is 7.22. The van der Waals surface area contributed by atoms with Gasteiger partial charge in [-0.25, -0.2) is 0 Å². The number of hydrogen-bond acceptors (Lipinski definition) is 4. The summed E-state index contributed by atoms with van der Waals surface area (Å²) in [6.45, 7) is 0. The van der Waals surface area contributed by atoms with Crippen LogP contribution in [0.1, 0.15) is 5.56 Å². The van der Waals surface area contributed by atoms with E-state index in [1.54, 1.807) is 32.4 Å².